The van der Waals surface area contributed by atoms with E-state index in [1.807, 2.05) is 36.7 Å². The summed E-state index contributed by atoms with van der Waals surface area (Å²) in [6.07, 6.45) is 3.70. The Hall–Kier alpha value is -1.52. The summed E-state index contributed by atoms with van der Waals surface area (Å²) in [5.74, 6) is 0. The summed E-state index contributed by atoms with van der Waals surface area (Å²) in [7, 11) is 0. The third-order valence-electron chi connectivity index (χ3n) is 4.43. The number of pyridine rings is 2. The SMILES string of the molecule is Cc1cccc(C)c1NCCN(Cc1ccccn1)Cc1ccccn1.[Cl-].[Cl-].[Rh+2]. The molecule has 157 valence electrons. The van der Waals surface area contributed by atoms with Gasteiger partial charge < -0.3 is 30.1 Å². The van der Waals surface area contributed by atoms with Crippen LogP contribution in [-0.2, 0) is 32.6 Å². The zero-order valence-electron chi connectivity index (χ0n) is 16.6. The van der Waals surface area contributed by atoms with Gasteiger partial charge in [0.25, 0.3) is 0 Å². The van der Waals surface area contributed by atoms with Crippen LogP contribution in [0.1, 0.15) is 22.5 Å². The van der Waals surface area contributed by atoms with Crippen molar-refractivity contribution in [1.82, 2.24) is 14.9 Å². The summed E-state index contributed by atoms with van der Waals surface area (Å²) in [5.41, 5.74) is 5.96. The van der Waals surface area contributed by atoms with Crippen molar-refractivity contribution in [2.24, 2.45) is 0 Å². The first kappa shape index (κ1) is 27.5. The van der Waals surface area contributed by atoms with Gasteiger partial charge in [-0.15, -0.1) is 0 Å². The Labute approximate surface area is 199 Å². The van der Waals surface area contributed by atoms with Crippen LogP contribution in [0.4, 0.5) is 5.69 Å². The van der Waals surface area contributed by atoms with Gasteiger partial charge >= 0.3 is 19.5 Å². The predicted molar refractivity (Wildman–Crippen MR) is 107 cm³/mol. The Morgan fingerprint density at radius 1 is 0.759 bits per heavy atom. The zero-order chi connectivity index (χ0) is 18.2. The number of nitrogens with zero attached hydrogens (tertiary/aromatic N) is 3. The third kappa shape index (κ3) is 8.80. The van der Waals surface area contributed by atoms with Crippen molar-refractivity contribution in [2.75, 3.05) is 18.4 Å². The summed E-state index contributed by atoms with van der Waals surface area (Å²) < 4.78 is 0. The largest absolute Gasteiger partial charge is 2.00 e. The Morgan fingerprint density at radius 3 is 1.72 bits per heavy atom. The molecule has 2 heterocycles. The van der Waals surface area contributed by atoms with Crippen LogP contribution >= 0.6 is 0 Å². The van der Waals surface area contributed by atoms with Crippen molar-refractivity contribution in [3.63, 3.8) is 0 Å². The van der Waals surface area contributed by atoms with Gasteiger partial charge in [-0.25, -0.2) is 0 Å². The Kier molecular flexibility index (Phi) is 13.7. The van der Waals surface area contributed by atoms with Gasteiger partial charge in [-0.05, 0) is 49.2 Å². The van der Waals surface area contributed by atoms with Crippen LogP contribution in [0.15, 0.2) is 67.0 Å². The number of halogens is 2. The van der Waals surface area contributed by atoms with Crippen LogP contribution in [0.2, 0.25) is 0 Å². The summed E-state index contributed by atoms with van der Waals surface area (Å²) in [6, 6.07) is 18.5. The van der Waals surface area contributed by atoms with Crippen molar-refractivity contribution in [3.05, 3.63) is 89.5 Å². The van der Waals surface area contributed by atoms with Gasteiger partial charge in [0.1, 0.15) is 0 Å². The second-order valence-electron chi connectivity index (χ2n) is 6.55. The molecule has 1 radical (unpaired) electrons. The van der Waals surface area contributed by atoms with Gasteiger partial charge in [-0.3, -0.25) is 14.9 Å². The molecule has 0 unspecified atom stereocenters. The molecule has 0 saturated heterocycles. The molecule has 1 aromatic carbocycles. The van der Waals surface area contributed by atoms with Gasteiger partial charge in [0.15, 0.2) is 0 Å². The van der Waals surface area contributed by atoms with E-state index < -0.39 is 0 Å². The monoisotopic (exact) mass is 519 g/mol. The fraction of sp³-hybridized carbons (Fsp3) is 0.273. The van der Waals surface area contributed by atoms with E-state index in [0.717, 1.165) is 37.6 Å². The van der Waals surface area contributed by atoms with Crippen LogP contribution in [0.3, 0.4) is 0 Å². The van der Waals surface area contributed by atoms with E-state index in [1.165, 1.54) is 16.8 Å². The van der Waals surface area contributed by atoms with Gasteiger partial charge in [-0.2, -0.15) is 0 Å². The Balaban J connectivity index is 0.00000261. The summed E-state index contributed by atoms with van der Waals surface area (Å²) in [5, 5.41) is 3.60. The molecular weight excluding hydrogens is 494 g/mol. The maximum absolute atomic E-state index is 4.47. The molecule has 0 amide bonds. The van der Waals surface area contributed by atoms with E-state index in [0.29, 0.717) is 0 Å². The smallest absolute Gasteiger partial charge is 1.00 e. The first-order valence-electron chi connectivity index (χ1n) is 9.04. The van der Waals surface area contributed by atoms with Crippen molar-refractivity contribution in [2.45, 2.75) is 26.9 Å². The minimum atomic E-state index is 0. The molecular formula is C22H26Cl2N4Rh. The number of anilines is 1. The second-order valence-corrected chi connectivity index (χ2v) is 6.55. The minimum Gasteiger partial charge on any atom is -1.00 e. The maximum atomic E-state index is 4.47. The zero-order valence-corrected chi connectivity index (χ0v) is 19.8. The van der Waals surface area contributed by atoms with Crippen molar-refractivity contribution >= 4 is 5.69 Å². The van der Waals surface area contributed by atoms with Gasteiger partial charge in [-0.1, -0.05) is 30.3 Å². The van der Waals surface area contributed by atoms with Gasteiger partial charge in [0.05, 0.1) is 11.4 Å². The standard InChI is InChI=1S/C22H26N4.2ClH.Rh/c1-18-8-7-9-19(2)22(18)25-14-15-26(16-20-10-3-5-12-23-20)17-21-11-4-6-13-24-21;;;/h3-13,25H,14-17H2,1-2H3;2*1H;/q;;;+2/p-2. The van der Waals surface area contributed by atoms with Crippen LogP contribution in [0.25, 0.3) is 0 Å². The fourth-order valence-electron chi connectivity index (χ4n) is 3.09. The topological polar surface area (TPSA) is 41.0 Å². The molecule has 3 rings (SSSR count). The van der Waals surface area contributed by atoms with Crippen molar-refractivity contribution in [1.29, 1.82) is 0 Å². The molecule has 0 aliphatic rings. The molecule has 0 spiro atoms. The molecule has 0 aliphatic carbocycles. The Morgan fingerprint density at radius 2 is 1.28 bits per heavy atom. The molecule has 0 aliphatic heterocycles. The molecule has 2 aromatic heterocycles. The number of nitrogens with one attached hydrogen (secondary N) is 1. The molecule has 0 fully saturated rings. The van der Waals surface area contributed by atoms with E-state index in [9.17, 15) is 0 Å². The van der Waals surface area contributed by atoms with Crippen LogP contribution in [0.5, 0.6) is 0 Å². The maximum Gasteiger partial charge on any atom is 2.00 e. The molecule has 29 heavy (non-hydrogen) atoms. The van der Waals surface area contributed by atoms with E-state index in [-0.39, 0.29) is 44.3 Å². The number of aromatic nitrogens is 2. The molecule has 1 N–H and O–H groups in total. The molecule has 0 saturated carbocycles. The van der Waals surface area contributed by atoms with Crippen molar-refractivity contribution < 1.29 is 44.3 Å². The van der Waals surface area contributed by atoms with Gasteiger partial charge in [0, 0.05) is 44.3 Å². The number of benzene rings is 1. The van der Waals surface area contributed by atoms with Crippen LogP contribution in [-0.4, -0.2) is 28.0 Å². The van der Waals surface area contributed by atoms with Gasteiger partial charge in [0.2, 0.25) is 0 Å². The van der Waals surface area contributed by atoms with Crippen LogP contribution < -0.4 is 30.1 Å². The van der Waals surface area contributed by atoms with E-state index in [2.05, 4.69) is 64.4 Å². The van der Waals surface area contributed by atoms with Crippen LogP contribution in [0, 0.1) is 13.8 Å². The molecule has 3 aromatic rings. The van der Waals surface area contributed by atoms with E-state index in [1.54, 1.807) is 0 Å². The fourth-order valence-corrected chi connectivity index (χ4v) is 3.09. The molecule has 0 atom stereocenters. The number of rotatable bonds is 8. The van der Waals surface area contributed by atoms with Crippen molar-refractivity contribution in [3.8, 4) is 0 Å². The predicted octanol–water partition coefficient (Wildman–Crippen LogP) is -1.79. The third-order valence-corrected chi connectivity index (χ3v) is 4.43. The molecule has 0 bridgehead atoms. The second kappa shape index (κ2) is 14.5. The number of aryl methyl sites for hydroxylation is 2. The quantitative estimate of drug-likeness (QED) is 0.357. The molecule has 7 heteroatoms. The normalized spacial score (nSPS) is 9.76. The minimum absolute atomic E-state index is 0. The summed E-state index contributed by atoms with van der Waals surface area (Å²) in [4.78, 5) is 11.3. The number of para-hydroxylation sites is 1. The first-order valence-corrected chi connectivity index (χ1v) is 9.04. The number of hydrogen-bond donors (Lipinski definition) is 1. The average molecular weight is 520 g/mol. The number of hydrogen-bond acceptors (Lipinski definition) is 4. The average Bonchev–Trinajstić information content (AvgIpc) is 2.66. The summed E-state index contributed by atoms with van der Waals surface area (Å²) in [6.45, 7) is 7.72. The molecule has 4 nitrogen and oxygen atoms in total. The summed E-state index contributed by atoms with van der Waals surface area (Å²) >= 11 is 0. The van der Waals surface area contributed by atoms with E-state index in [4.69, 9.17) is 0 Å². The first-order chi connectivity index (χ1) is 12.7. The Bertz CT molecular complexity index is 758. The van der Waals surface area contributed by atoms with E-state index >= 15 is 0 Å².